The second-order valence-electron chi connectivity index (χ2n) is 5.88. The average Bonchev–Trinajstić information content (AvgIpc) is 2.81. The van der Waals surface area contributed by atoms with Crippen molar-refractivity contribution in [3.8, 4) is 0 Å². The minimum absolute atomic E-state index is 0.0782. The number of cyclic esters (lactones) is 1. The lowest BCUT2D eigenvalue weighted by atomic mass is 9.92. The van der Waals surface area contributed by atoms with E-state index in [1.807, 2.05) is 11.0 Å². The number of nitrogens with one attached hydrogen (secondary N) is 1. The molecule has 0 radical (unpaired) electrons. The lowest BCUT2D eigenvalue weighted by Gasteiger charge is -2.26. The summed E-state index contributed by atoms with van der Waals surface area (Å²) < 4.78 is 5.58. The molecule has 20 heavy (non-hydrogen) atoms. The third kappa shape index (κ3) is 2.96. The van der Waals surface area contributed by atoms with Gasteiger partial charge in [0.15, 0.2) is 0 Å². The molecular weight excluding hydrogens is 252 g/mol. The van der Waals surface area contributed by atoms with Crippen LogP contribution < -0.4 is 5.32 Å². The number of piperidine rings is 1. The SMILES string of the molecule is Cc1cccc(CN2CC(C3CCNCC3)OC2=O)c1. The Kier molecular flexibility index (Phi) is 3.92. The molecule has 2 aliphatic rings. The topological polar surface area (TPSA) is 41.6 Å². The molecule has 2 aliphatic heterocycles. The van der Waals surface area contributed by atoms with E-state index in [0.29, 0.717) is 12.5 Å². The molecule has 0 aliphatic carbocycles. The summed E-state index contributed by atoms with van der Waals surface area (Å²) in [6.45, 7) is 5.54. The fraction of sp³-hybridized carbons (Fsp3) is 0.562. The zero-order valence-corrected chi connectivity index (χ0v) is 12.0. The minimum Gasteiger partial charge on any atom is -0.444 e. The first-order chi connectivity index (χ1) is 9.72. The first-order valence-electron chi connectivity index (χ1n) is 7.44. The largest absolute Gasteiger partial charge is 0.444 e. The molecule has 0 spiro atoms. The van der Waals surface area contributed by atoms with Crippen LogP contribution in [0.4, 0.5) is 4.79 Å². The molecule has 3 rings (SSSR count). The molecule has 4 nitrogen and oxygen atoms in total. The number of aryl methyl sites for hydroxylation is 1. The Labute approximate surface area is 120 Å². The Hall–Kier alpha value is -1.55. The van der Waals surface area contributed by atoms with Gasteiger partial charge in [0, 0.05) is 12.5 Å². The number of carbonyl (C=O) groups excluding carboxylic acids is 1. The highest BCUT2D eigenvalue weighted by molar-refractivity contribution is 5.70. The van der Waals surface area contributed by atoms with Gasteiger partial charge in [0.1, 0.15) is 6.10 Å². The van der Waals surface area contributed by atoms with Crippen LogP contribution in [0.25, 0.3) is 0 Å². The number of hydrogen-bond acceptors (Lipinski definition) is 3. The number of rotatable bonds is 3. The van der Waals surface area contributed by atoms with Gasteiger partial charge < -0.3 is 15.0 Å². The number of hydrogen-bond donors (Lipinski definition) is 1. The molecule has 0 saturated carbocycles. The van der Waals surface area contributed by atoms with Gasteiger partial charge in [0.05, 0.1) is 6.54 Å². The van der Waals surface area contributed by atoms with Crippen LogP contribution in [0.2, 0.25) is 0 Å². The maximum absolute atomic E-state index is 12.0. The van der Waals surface area contributed by atoms with E-state index in [0.717, 1.165) is 32.5 Å². The van der Waals surface area contributed by atoms with Gasteiger partial charge in [-0.05, 0) is 38.4 Å². The monoisotopic (exact) mass is 274 g/mol. The molecule has 2 heterocycles. The Morgan fingerprint density at radius 2 is 2.15 bits per heavy atom. The summed E-state index contributed by atoms with van der Waals surface area (Å²) >= 11 is 0. The normalized spacial score (nSPS) is 23.9. The molecule has 1 N–H and O–H groups in total. The summed E-state index contributed by atoms with van der Waals surface area (Å²) in [5, 5.41) is 3.35. The van der Waals surface area contributed by atoms with Crippen molar-refractivity contribution in [1.29, 1.82) is 0 Å². The average molecular weight is 274 g/mol. The van der Waals surface area contributed by atoms with Gasteiger partial charge >= 0.3 is 6.09 Å². The highest BCUT2D eigenvalue weighted by atomic mass is 16.6. The lowest BCUT2D eigenvalue weighted by Crippen LogP contribution is -2.36. The highest BCUT2D eigenvalue weighted by Gasteiger charge is 2.36. The van der Waals surface area contributed by atoms with Crippen molar-refractivity contribution in [2.45, 2.75) is 32.4 Å². The summed E-state index contributed by atoms with van der Waals surface area (Å²) in [7, 11) is 0. The van der Waals surface area contributed by atoms with Crippen LogP contribution in [0.1, 0.15) is 24.0 Å². The van der Waals surface area contributed by atoms with Gasteiger partial charge in [-0.1, -0.05) is 29.8 Å². The number of benzene rings is 1. The van der Waals surface area contributed by atoms with E-state index >= 15 is 0 Å². The van der Waals surface area contributed by atoms with Crippen molar-refractivity contribution in [1.82, 2.24) is 10.2 Å². The second-order valence-corrected chi connectivity index (χ2v) is 5.88. The molecule has 1 aromatic carbocycles. The van der Waals surface area contributed by atoms with Crippen molar-refractivity contribution >= 4 is 6.09 Å². The Bertz CT molecular complexity index is 483. The van der Waals surface area contributed by atoms with Gasteiger partial charge in [-0.2, -0.15) is 0 Å². The summed E-state index contributed by atoms with van der Waals surface area (Å²) in [4.78, 5) is 13.8. The molecule has 1 aromatic rings. The van der Waals surface area contributed by atoms with E-state index in [2.05, 4.69) is 30.4 Å². The van der Waals surface area contributed by atoms with E-state index < -0.39 is 0 Å². The maximum atomic E-state index is 12.0. The van der Waals surface area contributed by atoms with Gasteiger partial charge in [-0.3, -0.25) is 0 Å². The van der Waals surface area contributed by atoms with E-state index in [1.165, 1.54) is 11.1 Å². The molecule has 0 aromatic heterocycles. The molecular formula is C16H22N2O2. The molecule has 4 heteroatoms. The third-order valence-electron chi connectivity index (χ3n) is 4.28. The highest BCUT2D eigenvalue weighted by Crippen LogP contribution is 2.26. The zero-order chi connectivity index (χ0) is 13.9. The summed E-state index contributed by atoms with van der Waals surface area (Å²) in [5.74, 6) is 0.516. The first kappa shape index (κ1) is 13.4. The van der Waals surface area contributed by atoms with Crippen molar-refractivity contribution < 1.29 is 9.53 Å². The van der Waals surface area contributed by atoms with Crippen molar-refractivity contribution in [2.24, 2.45) is 5.92 Å². The molecule has 2 fully saturated rings. The summed E-state index contributed by atoms with van der Waals surface area (Å²) in [6.07, 6.45) is 2.14. The second kappa shape index (κ2) is 5.83. The fourth-order valence-electron chi connectivity index (χ4n) is 3.15. The van der Waals surface area contributed by atoms with Crippen molar-refractivity contribution in [2.75, 3.05) is 19.6 Å². The molecule has 1 unspecified atom stereocenters. The fourth-order valence-corrected chi connectivity index (χ4v) is 3.15. The van der Waals surface area contributed by atoms with Gasteiger partial charge in [0.2, 0.25) is 0 Å². The van der Waals surface area contributed by atoms with Crippen LogP contribution in [0.15, 0.2) is 24.3 Å². The van der Waals surface area contributed by atoms with Crippen LogP contribution in [0.5, 0.6) is 0 Å². The number of nitrogens with zero attached hydrogens (tertiary/aromatic N) is 1. The Balaban J connectivity index is 1.62. The van der Waals surface area contributed by atoms with Crippen LogP contribution in [0.3, 0.4) is 0 Å². The zero-order valence-electron chi connectivity index (χ0n) is 12.0. The third-order valence-corrected chi connectivity index (χ3v) is 4.28. The molecule has 1 amide bonds. The summed E-state index contributed by atoms with van der Waals surface area (Å²) in [5.41, 5.74) is 2.40. The van der Waals surface area contributed by atoms with E-state index in [1.54, 1.807) is 0 Å². The van der Waals surface area contributed by atoms with Crippen molar-refractivity contribution in [3.63, 3.8) is 0 Å². The number of carbonyl (C=O) groups is 1. The van der Waals surface area contributed by atoms with Gasteiger partial charge in [-0.25, -0.2) is 4.79 Å². The van der Waals surface area contributed by atoms with Crippen LogP contribution in [-0.2, 0) is 11.3 Å². The standard InChI is InChI=1S/C16H22N2O2/c1-12-3-2-4-13(9-12)10-18-11-15(20-16(18)19)14-5-7-17-8-6-14/h2-4,9,14-15,17H,5-8,10-11H2,1H3. The van der Waals surface area contributed by atoms with E-state index in [-0.39, 0.29) is 12.2 Å². The van der Waals surface area contributed by atoms with E-state index in [9.17, 15) is 4.79 Å². The minimum atomic E-state index is -0.157. The molecule has 108 valence electrons. The van der Waals surface area contributed by atoms with Gasteiger partial charge in [-0.15, -0.1) is 0 Å². The Morgan fingerprint density at radius 3 is 2.90 bits per heavy atom. The van der Waals surface area contributed by atoms with Crippen LogP contribution in [-0.4, -0.2) is 36.7 Å². The van der Waals surface area contributed by atoms with Crippen LogP contribution in [0, 0.1) is 12.8 Å². The van der Waals surface area contributed by atoms with E-state index in [4.69, 9.17) is 4.74 Å². The lowest BCUT2D eigenvalue weighted by molar-refractivity contribution is 0.0905. The predicted octanol–water partition coefficient (Wildman–Crippen LogP) is 2.32. The molecule has 1 atom stereocenters. The molecule has 0 bridgehead atoms. The predicted molar refractivity (Wildman–Crippen MR) is 77.5 cm³/mol. The molecule has 2 saturated heterocycles. The van der Waals surface area contributed by atoms with Crippen molar-refractivity contribution in [3.05, 3.63) is 35.4 Å². The maximum Gasteiger partial charge on any atom is 0.410 e. The smallest absolute Gasteiger partial charge is 0.410 e. The first-order valence-corrected chi connectivity index (χ1v) is 7.44. The summed E-state index contributed by atoms with van der Waals surface area (Å²) in [6, 6.07) is 8.31. The van der Waals surface area contributed by atoms with Gasteiger partial charge in [0.25, 0.3) is 0 Å². The number of amides is 1. The number of ether oxygens (including phenoxy) is 1. The van der Waals surface area contributed by atoms with Crippen LogP contribution >= 0.6 is 0 Å². The Morgan fingerprint density at radius 1 is 1.35 bits per heavy atom. The quantitative estimate of drug-likeness (QED) is 0.919.